The lowest BCUT2D eigenvalue weighted by molar-refractivity contribution is -0.137. The summed E-state index contributed by atoms with van der Waals surface area (Å²) < 4.78 is 41.1. The van der Waals surface area contributed by atoms with Crippen molar-refractivity contribution in [3.63, 3.8) is 0 Å². The molecule has 0 saturated carbocycles. The van der Waals surface area contributed by atoms with E-state index >= 15 is 0 Å². The molecule has 0 bridgehead atoms. The molecular formula is C18H25F3N2. The van der Waals surface area contributed by atoms with Crippen LogP contribution in [0.2, 0.25) is 0 Å². The number of hydrogen-bond donors (Lipinski definition) is 1. The summed E-state index contributed by atoms with van der Waals surface area (Å²) >= 11 is 0. The molecule has 128 valence electrons. The molecule has 23 heavy (non-hydrogen) atoms. The molecule has 3 rings (SSSR count). The van der Waals surface area contributed by atoms with Crippen molar-refractivity contribution in [3.05, 3.63) is 28.8 Å². The molecule has 2 aliphatic heterocycles. The Labute approximate surface area is 136 Å². The first-order chi connectivity index (χ1) is 10.9. The molecule has 0 radical (unpaired) electrons. The highest BCUT2D eigenvalue weighted by molar-refractivity contribution is 5.68. The Morgan fingerprint density at radius 3 is 2.57 bits per heavy atom. The minimum Gasteiger partial charge on any atom is -0.370 e. The molecule has 0 aromatic heterocycles. The SMILES string of the molecule is CCC(CC)c1cc2c(c(C(F)(F)F)c1)N(C)C1CCNCC21. The van der Waals surface area contributed by atoms with Crippen molar-refractivity contribution in [1.82, 2.24) is 5.32 Å². The zero-order chi connectivity index (χ0) is 16.8. The maximum atomic E-state index is 13.7. The molecule has 2 atom stereocenters. The molecular weight excluding hydrogens is 301 g/mol. The molecule has 0 amide bonds. The Hall–Kier alpha value is -1.23. The summed E-state index contributed by atoms with van der Waals surface area (Å²) in [5, 5.41) is 3.34. The van der Waals surface area contributed by atoms with Crippen LogP contribution in [0.1, 0.15) is 61.6 Å². The Bertz CT molecular complexity index is 578. The van der Waals surface area contributed by atoms with Crippen LogP contribution >= 0.6 is 0 Å². The van der Waals surface area contributed by atoms with Crippen LogP contribution in [0.3, 0.4) is 0 Å². The number of benzene rings is 1. The summed E-state index contributed by atoms with van der Waals surface area (Å²) in [5.74, 6) is 0.362. The summed E-state index contributed by atoms with van der Waals surface area (Å²) in [6, 6.07) is 3.64. The first kappa shape index (κ1) is 16.6. The van der Waals surface area contributed by atoms with Gasteiger partial charge in [-0.3, -0.25) is 0 Å². The van der Waals surface area contributed by atoms with Gasteiger partial charge in [-0.1, -0.05) is 19.9 Å². The standard InChI is InChI=1S/C18H25F3N2/c1-4-11(5-2)12-8-13-14-10-22-7-6-16(14)23(3)17(13)15(9-12)18(19,20)21/h8-9,11,14,16,22H,4-7,10H2,1-3H3. The number of likely N-dealkylation sites (N-methyl/N-ethyl adjacent to an activating group) is 1. The van der Waals surface area contributed by atoms with E-state index in [9.17, 15) is 13.2 Å². The van der Waals surface area contributed by atoms with E-state index in [0.717, 1.165) is 43.5 Å². The molecule has 2 aliphatic rings. The van der Waals surface area contributed by atoms with Gasteiger partial charge in [0.2, 0.25) is 0 Å². The van der Waals surface area contributed by atoms with Gasteiger partial charge in [-0.15, -0.1) is 0 Å². The van der Waals surface area contributed by atoms with Gasteiger partial charge in [0.1, 0.15) is 0 Å². The predicted molar refractivity (Wildman–Crippen MR) is 87.2 cm³/mol. The highest BCUT2D eigenvalue weighted by atomic mass is 19.4. The Kier molecular flexibility index (Phi) is 4.34. The van der Waals surface area contributed by atoms with E-state index in [0.29, 0.717) is 5.69 Å². The number of halogens is 3. The summed E-state index contributed by atoms with van der Waals surface area (Å²) in [6.07, 6.45) is -1.67. The lowest BCUT2D eigenvalue weighted by atomic mass is 9.85. The van der Waals surface area contributed by atoms with E-state index in [-0.39, 0.29) is 17.9 Å². The smallest absolute Gasteiger partial charge is 0.370 e. The monoisotopic (exact) mass is 326 g/mol. The van der Waals surface area contributed by atoms with Crippen molar-refractivity contribution in [2.75, 3.05) is 25.0 Å². The number of rotatable bonds is 3. The molecule has 2 heterocycles. The zero-order valence-electron chi connectivity index (χ0n) is 14.0. The van der Waals surface area contributed by atoms with Crippen LogP contribution in [0.15, 0.2) is 12.1 Å². The molecule has 2 unspecified atom stereocenters. The number of nitrogens with one attached hydrogen (secondary N) is 1. The highest BCUT2D eigenvalue weighted by Crippen LogP contribution is 2.50. The summed E-state index contributed by atoms with van der Waals surface area (Å²) in [6.45, 7) is 5.74. The van der Waals surface area contributed by atoms with Crippen LogP contribution in [0, 0.1) is 0 Å². The molecule has 1 fully saturated rings. The first-order valence-electron chi connectivity index (χ1n) is 8.57. The van der Waals surface area contributed by atoms with Crippen LogP contribution in [-0.2, 0) is 6.18 Å². The zero-order valence-corrected chi connectivity index (χ0v) is 14.0. The minimum atomic E-state index is -4.30. The minimum absolute atomic E-state index is 0.166. The van der Waals surface area contributed by atoms with E-state index in [1.165, 1.54) is 6.07 Å². The predicted octanol–water partition coefficient (Wildman–Crippen LogP) is 4.50. The van der Waals surface area contributed by atoms with E-state index in [1.807, 2.05) is 25.8 Å². The summed E-state index contributed by atoms with van der Waals surface area (Å²) in [7, 11) is 1.82. The number of nitrogens with zero attached hydrogens (tertiary/aromatic N) is 1. The maximum Gasteiger partial charge on any atom is 0.418 e. The average molecular weight is 326 g/mol. The highest BCUT2D eigenvalue weighted by Gasteiger charge is 2.45. The maximum absolute atomic E-state index is 13.7. The third kappa shape index (κ3) is 2.73. The number of hydrogen-bond acceptors (Lipinski definition) is 2. The summed E-state index contributed by atoms with van der Waals surface area (Å²) in [5.41, 5.74) is 1.70. The number of piperidine rings is 1. The van der Waals surface area contributed by atoms with Crippen molar-refractivity contribution in [1.29, 1.82) is 0 Å². The molecule has 0 spiro atoms. The van der Waals surface area contributed by atoms with Gasteiger partial charge in [0, 0.05) is 25.6 Å². The van der Waals surface area contributed by atoms with Gasteiger partial charge in [0.25, 0.3) is 0 Å². The van der Waals surface area contributed by atoms with Crippen LogP contribution in [0.25, 0.3) is 0 Å². The second kappa shape index (κ2) is 6.00. The molecule has 5 heteroatoms. The van der Waals surface area contributed by atoms with Gasteiger partial charge in [-0.05, 0) is 48.9 Å². The Morgan fingerprint density at radius 1 is 1.26 bits per heavy atom. The fourth-order valence-electron chi connectivity index (χ4n) is 4.36. The van der Waals surface area contributed by atoms with Crippen LogP contribution in [0.4, 0.5) is 18.9 Å². The molecule has 0 aliphatic carbocycles. The number of anilines is 1. The van der Waals surface area contributed by atoms with E-state index in [2.05, 4.69) is 11.4 Å². The third-order valence-corrected chi connectivity index (χ3v) is 5.62. The fourth-order valence-corrected chi connectivity index (χ4v) is 4.36. The largest absolute Gasteiger partial charge is 0.418 e. The van der Waals surface area contributed by atoms with Crippen molar-refractivity contribution in [2.24, 2.45) is 0 Å². The van der Waals surface area contributed by atoms with Crippen molar-refractivity contribution < 1.29 is 13.2 Å². The van der Waals surface area contributed by atoms with Crippen molar-refractivity contribution in [2.45, 2.75) is 57.2 Å². The summed E-state index contributed by atoms with van der Waals surface area (Å²) in [4.78, 5) is 1.88. The number of fused-ring (bicyclic) bond motifs is 3. The fraction of sp³-hybridized carbons (Fsp3) is 0.667. The van der Waals surface area contributed by atoms with Gasteiger partial charge in [-0.2, -0.15) is 13.2 Å². The third-order valence-electron chi connectivity index (χ3n) is 5.62. The van der Waals surface area contributed by atoms with E-state index in [1.54, 1.807) is 0 Å². The van der Waals surface area contributed by atoms with Crippen LogP contribution < -0.4 is 10.2 Å². The second-order valence-corrected chi connectivity index (χ2v) is 6.80. The van der Waals surface area contributed by atoms with E-state index in [4.69, 9.17) is 0 Å². The Balaban J connectivity index is 2.17. The first-order valence-corrected chi connectivity index (χ1v) is 8.57. The van der Waals surface area contributed by atoms with Gasteiger partial charge < -0.3 is 10.2 Å². The van der Waals surface area contributed by atoms with Crippen LogP contribution in [0.5, 0.6) is 0 Å². The molecule has 1 saturated heterocycles. The van der Waals surface area contributed by atoms with Crippen LogP contribution in [-0.4, -0.2) is 26.2 Å². The number of alkyl halides is 3. The van der Waals surface area contributed by atoms with Gasteiger partial charge in [-0.25, -0.2) is 0 Å². The average Bonchev–Trinajstić information content (AvgIpc) is 2.81. The molecule has 1 aromatic rings. The van der Waals surface area contributed by atoms with Crippen molar-refractivity contribution >= 4 is 5.69 Å². The quantitative estimate of drug-likeness (QED) is 0.879. The van der Waals surface area contributed by atoms with Gasteiger partial charge in [0.05, 0.1) is 11.3 Å². The van der Waals surface area contributed by atoms with Crippen molar-refractivity contribution in [3.8, 4) is 0 Å². The van der Waals surface area contributed by atoms with Gasteiger partial charge >= 0.3 is 6.18 Å². The lowest BCUT2D eigenvalue weighted by Gasteiger charge is -2.31. The molecule has 1 N–H and O–H groups in total. The van der Waals surface area contributed by atoms with E-state index < -0.39 is 11.7 Å². The Morgan fingerprint density at radius 2 is 1.96 bits per heavy atom. The molecule has 2 nitrogen and oxygen atoms in total. The second-order valence-electron chi connectivity index (χ2n) is 6.80. The topological polar surface area (TPSA) is 15.3 Å². The van der Waals surface area contributed by atoms with Gasteiger partial charge in [0.15, 0.2) is 0 Å². The normalized spacial score (nSPS) is 24.0. The lowest BCUT2D eigenvalue weighted by Crippen LogP contribution is -2.42. The molecule has 1 aromatic carbocycles.